The van der Waals surface area contributed by atoms with Gasteiger partial charge >= 0.3 is 24.4 Å². The second-order valence-corrected chi connectivity index (χ2v) is 0.0583. The summed E-state index contributed by atoms with van der Waals surface area (Å²) in [5, 5.41) is 1.25. The normalized spacial score (nSPS) is 4.50. The molecule has 0 aliphatic heterocycles. The van der Waals surface area contributed by atoms with Crippen LogP contribution in [-0.2, 0) is 5.15 Å². The zero-order valence-electron chi connectivity index (χ0n) is 1.87. The molecule has 0 radical (unpaired) electrons. The number of hydrogen-bond acceptors (Lipinski definition) is 1. The third-order valence-corrected chi connectivity index (χ3v) is 0. The number of halogens is 2. The van der Waals surface area contributed by atoms with Crippen molar-refractivity contribution in [1.29, 1.82) is 0 Å². The van der Waals surface area contributed by atoms with E-state index in [1.54, 1.807) is 0 Å². The van der Waals surface area contributed by atoms with Crippen LogP contribution in [0.25, 0.3) is 0 Å². The van der Waals surface area contributed by atoms with E-state index in [9.17, 15) is 0 Å². The Hall–Kier alpha value is 0.638. The molecule has 0 aromatic carbocycles. The summed E-state index contributed by atoms with van der Waals surface area (Å²) < 4.78 is 18.2. The summed E-state index contributed by atoms with van der Waals surface area (Å²) in [4.78, 5) is 0. The summed E-state index contributed by atoms with van der Waals surface area (Å²) in [6.07, 6.45) is 0. The maximum absolute atomic E-state index is 9.12. The van der Waals surface area contributed by atoms with Crippen molar-refractivity contribution in [2.45, 2.75) is 0 Å². The van der Waals surface area contributed by atoms with E-state index in [1.807, 2.05) is 0 Å². The molecule has 0 aromatic rings. The van der Waals surface area contributed by atoms with Crippen molar-refractivity contribution >= 4 is 24.4 Å². The van der Waals surface area contributed by atoms with E-state index < -0.39 is 0 Å². The van der Waals surface area contributed by atoms with E-state index in [0.29, 0.717) is 0 Å². The fourth-order valence-electron chi connectivity index (χ4n) is 0. The summed E-state index contributed by atoms with van der Waals surface area (Å²) in [6.45, 7) is 0. The van der Waals surface area contributed by atoms with Crippen LogP contribution in [0.4, 0.5) is 9.05 Å². The van der Waals surface area contributed by atoms with E-state index in [0.717, 1.165) is 0 Å². The Morgan fingerprint density at radius 1 is 1.25 bits per heavy atom. The van der Waals surface area contributed by atoms with Crippen LogP contribution in [-0.4, -0.2) is 24.4 Å². The van der Waals surface area contributed by atoms with Crippen LogP contribution >= 0.6 is 0 Å². The van der Waals surface area contributed by atoms with Crippen LogP contribution < -0.4 is 0 Å². The van der Waals surface area contributed by atoms with E-state index in [-0.39, 0.29) is 24.4 Å². The second kappa shape index (κ2) is 9.44. The molecule has 1 nitrogen and oxygen atoms in total. The first-order chi connectivity index (χ1) is 1.41. The molecule has 0 heterocycles. The van der Waals surface area contributed by atoms with E-state index in [1.165, 1.54) is 5.15 Å². The van der Waals surface area contributed by atoms with Crippen LogP contribution in [0, 0.1) is 0 Å². The predicted octanol–water partition coefficient (Wildman–Crippen LogP) is -0.412. The van der Waals surface area contributed by atoms with Crippen molar-refractivity contribution in [2.75, 3.05) is 0 Å². The summed E-state index contributed by atoms with van der Waals surface area (Å²) in [5.74, 6) is 0. The Balaban J connectivity index is 0. The van der Waals surface area contributed by atoms with Gasteiger partial charge in [-0.2, -0.15) is 0 Å². The van der Waals surface area contributed by atoms with Gasteiger partial charge in [0.05, 0.1) is 0 Å². The minimum absolute atomic E-state index is 0. The maximum atomic E-state index is 9.12. The number of rotatable bonds is 0. The Kier molecular flexibility index (Phi) is 20.8. The zero-order chi connectivity index (χ0) is 2.71. The molecule has 4 heavy (non-hydrogen) atoms. The molecule has 0 amide bonds. The van der Waals surface area contributed by atoms with Crippen molar-refractivity contribution in [3.05, 3.63) is 0 Å². The fraction of sp³-hybridized carbons (Fsp3) is 0. The van der Waals surface area contributed by atoms with Gasteiger partial charge in [0.1, 0.15) is 0 Å². The van der Waals surface area contributed by atoms with E-state index >= 15 is 0 Å². The average molecular weight is 179 g/mol. The number of hydrogen-bond donors (Lipinski definition) is 0. The van der Waals surface area contributed by atoms with Gasteiger partial charge in [-0.05, 0) is 9.05 Å². The average Bonchev–Trinajstić information content (AvgIpc) is 0.918. The van der Waals surface area contributed by atoms with Crippen LogP contribution in [0.15, 0.2) is 0 Å². The molecule has 28 valence electrons. The molecule has 0 saturated carbocycles. The van der Waals surface area contributed by atoms with Gasteiger partial charge in [0.15, 0.2) is 0 Å². The minimum atomic E-state index is 0. The standard InChI is InChI=1S/F2O.Sb.3H/c1-3-2;;;;. The van der Waals surface area contributed by atoms with Crippen molar-refractivity contribution < 1.29 is 14.2 Å². The van der Waals surface area contributed by atoms with Gasteiger partial charge < -0.3 is 0 Å². The predicted molar refractivity (Wildman–Crippen MR) is 13.2 cm³/mol. The Bertz CT molecular complexity index is 6.00. The molecule has 4 heteroatoms. The summed E-state index contributed by atoms with van der Waals surface area (Å²) >= 11 is 0. The second-order valence-electron chi connectivity index (χ2n) is 0.0583. The Morgan fingerprint density at radius 2 is 1.25 bits per heavy atom. The molecule has 0 fully saturated rings. The molecule has 0 aliphatic carbocycles. The van der Waals surface area contributed by atoms with Crippen molar-refractivity contribution in [3.8, 4) is 0 Å². The molecule has 0 saturated heterocycles. The first kappa shape index (κ1) is 8.82. The molecule has 0 bridgehead atoms. The molecule has 0 spiro atoms. The van der Waals surface area contributed by atoms with E-state index in [2.05, 4.69) is 0 Å². The molecule has 0 unspecified atom stereocenters. The Labute approximate surface area is 39.2 Å². The summed E-state index contributed by atoms with van der Waals surface area (Å²) in [6, 6.07) is 0. The quantitative estimate of drug-likeness (QED) is 0.459. The van der Waals surface area contributed by atoms with Crippen LogP contribution in [0.2, 0.25) is 0 Å². The Morgan fingerprint density at radius 3 is 1.25 bits per heavy atom. The third kappa shape index (κ3) is 17.4. The molecule has 0 aromatic heterocycles. The van der Waals surface area contributed by atoms with Gasteiger partial charge in [-0.25, -0.2) is 0 Å². The van der Waals surface area contributed by atoms with Gasteiger partial charge in [-0.3, -0.25) is 0 Å². The molecular formula is H3F2OSb. The van der Waals surface area contributed by atoms with Gasteiger partial charge in [-0.15, -0.1) is 0 Å². The first-order valence-corrected chi connectivity index (χ1v) is 0.309. The topological polar surface area (TPSA) is 9.23 Å². The van der Waals surface area contributed by atoms with Crippen LogP contribution in [0.5, 0.6) is 0 Å². The molecule has 0 N–H and O–H groups in total. The monoisotopic (exact) mass is 178 g/mol. The van der Waals surface area contributed by atoms with Crippen molar-refractivity contribution in [1.82, 2.24) is 0 Å². The molecule has 0 rings (SSSR count). The van der Waals surface area contributed by atoms with Gasteiger partial charge in [0.2, 0.25) is 0 Å². The first-order valence-electron chi connectivity index (χ1n) is 0.309. The molecule has 0 atom stereocenters. The molecule has 0 aliphatic rings. The van der Waals surface area contributed by atoms with Gasteiger partial charge in [-0.1, -0.05) is 0 Å². The zero-order valence-corrected chi connectivity index (χ0v) is 5.91. The van der Waals surface area contributed by atoms with Crippen LogP contribution in [0.1, 0.15) is 0 Å². The van der Waals surface area contributed by atoms with Crippen molar-refractivity contribution in [3.63, 3.8) is 0 Å². The fourth-order valence-corrected chi connectivity index (χ4v) is 0. The van der Waals surface area contributed by atoms with E-state index in [4.69, 9.17) is 9.05 Å². The molecular weight excluding hydrogens is 176 g/mol. The SMILES string of the molecule is FOF.[SbH3]. The van der Waals surface area contributed by atoms with Crippen LogP contribution in [0.3, 0.4) is 0 Å². The third-order valence-electron chi connectivity index (χ3n) is 0. The van der Waals surface area contributed by atoms with Crippen molar-refractivity contribution in [2.24, 2.45) is 0 Å². The van der Waals surface area contributed by atoms with Gasteiger partial charge in [0.25, 0.3) is 0 Å². The summed E-state index contributed by atoms with van der Waals surface area (Å²) in [7, 11) is 0. The summed E-state index contributed by atoms with van der Waals surface area (Å²) in [5.41, 5.74) is 0. The van der Waals surface area contributed by atoms with Gasteiger partial charge in [0, 0.05) is 5.15 Å².